The topological polar surface area (TPSA) is 130 Å². The third-order valence-corrected chi connectivity index (χ3v) is 8.38. The molecule has 3 rings (SSSR count). The molecule has 3 aromatic rings. The Kier molecular flexibility index (Phi) is 10.4. The van der Waals surface area contributed by atoms with E-state index < -0.39 is 33.4 Å². The number of sulfonamides is 1. The van der Waals surface area contributed by atoms with E-state index in [-0.39, 0.29) is 34.8 Å². The molecule has 0 aliphatic rings. The fourth-order valence-electron chi connectivity index (χ4n) is 4.05. The van der Waals surface area contributed by atoms with Gasteiger partial charge in [0.2, 0.25) is 11.8 Å². The van der Waals surface area contributed by atoms with Crippen molar-refractivity contribution in [2.24, 2.45) is 0 Å². The van der Waals surface area contributed by atoms with E-state index >= 15 is 0 Å². The maximum absolute atomic E-state index is 13.9. The molecule has 0 aromatic heterocycles. The highest BCUT2D eigenvalue weighted by Gasteiger charge is 2.33. The maximum Gasteiger partial charge on any atom is 0.271 e. The second-order valence-electron chi connectivity index (χ2n) is 9.42. The van der Waals surface area contributed by atoms with E-state index in [0.717, 1.165) is 15.9 Å². The van der Waals surface area contributed by atoms with Crippen LogP contribution in [0.1, 0.15) is 32.8 Å². The van der Waals surface area contributed by atoms with Crippen molar-refractivity contribution >= 4 is 33.2 Å². The normalized spacial score (nSPS) is 12.7. The van der Waals surface area contributed by atoms with Crippen LogP contribution in [0.5, 0.6) is 0 Å². The van der Waals surface area contributed by atoms with E-state index in [1.807, 2.05) is 44.2 Å². The molecule has 40 heavy (non-hydrogen) atoms. The van der Waals surface area contributed by atoms with Crippen molar-refractivity contribution in [3.8, 4) is 0 Å². The number of nitrogens with one attached hydrogen (secondary N) is 1. The first-order valence-electron chi connectivity index (χ1n) is 13.0. The summed E-state index contributed by atoms with van der Waals surface area (Å²) in [4.78, 5) is 39.0. The minimum atomic E-state index is -4.30. The van der Waals surface area contributed by atoms with Crippen molar-refractivity contribution < 1.29 is 22.9 Å². The third kappa shape index (κ3) is 7.66. The largest absolute Gasteiger partial charge is 0.352 e. The summed E-state index contributed by atoms with van der Waals surface area (Å²) < 4.78 is 28.3. The van der Waals surface area contributed by atoms with Gasteiger partial charge in [-0.05, 0) is 50.5 Å². The summed E-state index contributed by atoms with van der Waals surface area (Å²) in [5, 5.41) is 14.3. The predicted molar refractivity (Wildman–Crippen MR) is 153 cm³/mol. The van der Waals surface area contributed by atoms with E-state index in [1.54, 1.807) is 25.1 Å². The van der Waals surface area contributed by atoms with Crippen LogP contribution in [0.15, 0.2) is 89.8 Å². The van der Waals surface area contributed by atoms with Gasteiger partial charge in [0.1, 0.15) is 12.6 Å². The van der Waals surface area contributed by atoms with Crippen molar-refractivity contribution in [1.82, 2.24) is 10.2 Å². The predicted octanol–water partition coefficient (Wildman–Crippen LogP) is 4.16. The molecule has 2 amide bonds. The van der Waals surface area contributed by atoms with Crippen molar-refractivity contribution in [3.05, 3.63) is 101 Å². The van der Waals surface area contributed by atoms with Crippen LogP contribution < -0.4 is 9.62 Å². The summed E-state index contributed by atoms with van der Waals surface area (Å²) in [6.45, 7) is 4.89. The van der Waals surface area contributed by atoms with Crippen LogP contribution >= 0.6 is 0 Å². The van der Waals surface area contributed by atoms with Crippen LogP contribution in [-0.4, -0.2) is 55.2 Å². The number of nitrogens with zero attached hydrogens (tertiary/aromatic N) is 3. The maximum atomic E-state index is 13.9. The minimum absolute atomic E-state index is 0.0360. The van der Waals surface area contributed by atoms with E-state index in [2.05, 4.69) is 5.32 Å². The number of non-ortho nitro benzene ring substituents is 1. The van der Waals surface area contributed by atoms with Gasteiger partial charge in [0.05, 0.1) is 15.5 Å². The van der Waals surface area contributed by atoms with Crippen LogP contribution in [0.4, 0.5) is 11.4 Å². The summed E-state index contributed by atoms with van der Waals surface area (Å²) in [5.74, 6) is -0.975. The van der Waals surface area contributed by atoms with Crippen molar-refractivity contribution in [2.45, 2.75) is 50.6 Å². The van der Waals surface area contributed by atoms with E-state index in [4.69, 9.17) is 0 Å². The molecule has 0 spiro atoms. The lowest BCUT2D eigenvalue weighted by atomic mass is 10.1. The molecule has 3 aromatic carbocycles. The number of anilines is 1. The Hall–Kier alpha value is -4.25. The number of hydrogen-bond acceptors (Lipinski definition) is 6. The average Bonchev–Trinajstić information content (AvgIpc) is 2.96. The molecule has 0 bridgehead atoms. The Morgan fingerprint density at radius 3 is 2.17 bits per heavy atom. The second kappa shape index (κ2) is 13.7. The third-order valence-electron chi connectivity index (χ3n) is 6.59. The van der Waals surface area contributed by atoms with Crippen LogP contribution in [0.25, 0.3) is 0 Å². The molecule has 1 N–H and O–H groups in total. The molecule has 2 atom stereocenters. The number of hydrogen-bond donors (Lipinski definition) is 1. The van der Waals surface area contributed by atoms with Gasteiger partial charge < -0.3 is 10.2 Å². The van der Waals surface area contributed by atoms with Crippen molar-refractivity contribution in [1.29, 1.82) is 0 Å². The van der Waals surface area contributed by atoms with Crippen LogP contribution in [0.3, 0.4) is 0 Å². The van der Waals surface area contributed by atoms with Gasteiger partial charge in [0.15, 0.2) is 0 Å². The first-order valence-corrected chi connectivity index (χ1v) is 14.4. The molecular weight excluding hydrogens is 532 g/mol. The number of nitro benzene ring substituents is 1. The number of carbonyl (C=O) groups excluding carboxylic acids is 2. The molecule has 0 aliphatic heterocycles. The molecule has 0 aliphatic carbocycles. The molecule has 212 valence electrons. The highest BCUT2D eigenvalue weighted by atomic mass is 32.2. The quantitative estimate of drug-likeness (QED) is 0.244. The molecule has 0 heterocycles. The number of carbonyl (C=O) groups is 2. The van der Waals surface area contributed by atoms with Gasteiger partial charge >= 0.3 is 0 Å². The van der Waals surface area contributed by atoms with Gasteiger partial charge in [0, 0.05) is 24.7 Å². The zero-order valence-corrected chi connectivity index (χ0v) is 23.6. The Morgan fingerprint density at radius 1 is 0.950 bits per heavy atom. The molecule has 2 unspecified atom stereocenters. The highest BCUT2D eigenvalue weighted by molar-refractivity contribution is 7.92. The van der Waals surface area contributed by atoms with Crippen molar-refractivity contribution in [3.63, 3.8) is 0 Å². The van der Waals surface area contributed by atoms with Gasteiger partial charge in [-0.3, -0.25) is 24.0 Å². The zero-order valence-electron chi connectivity index (χ0n) is 22.8. The molecule has 0 radical (unpaired) electrons. The molecule has 0 saturated heterocycles. The number of rotatable bonds is 13. The summed E-state index contributed by atoms with van der Waals surface area (Å²) in [5.41, 5.74) is 0.592. The lowest BCUT2D eigenvalue weighted by Gasteiger charge is -2.32. The van der Waals surface area contributed by atoms with E-state index in [1.165, 1.54) is 35.2 Å². The Labute approximate surface area is 234 Å². The molecule has 0 saturated carbocycles. The number of benzene rings is 3. The van der Waals surface area contributed by atoms with Crippen molar-refractivity contribution in [2.75, 3.05) is 17.4 Å². The Balaban J connectivity index is 2.00. The molecule has 11 heteroatoms. The van der Waals surface area contributed by atoms with E-state index in [0.29, 0.717) is 12.8 Å². The zero-order chi connectivity index (χ0) is 29.3. The summed E-state index contributed by atoms with van der Waals surface area (Å²) in [6, 6.07) is 21.1. The monoisotopic (exact) mass is 566 g/mol. The smallest absolute Gasteiger partial charge is 0.271 e. The lowest BCUT2D eigenvalue weighted by molar-refractivity contribution is -0.384. The summed E-state index contributed by atoms with van der Waals surface area (Å²) in [7, 11) is -4.30. The van der Waals surface area contributed by atoms with E-state index in [9.17, 15) is 28.1 Å². The second-order valence-corrected chi connectivity index (χ2v) is 11.3. The van der Waals surface area contributed by atoms with Gasteiger partial charge in [-0.2, -0.15) is 0 Å². The lowest BCUT2D eigenvalue weighted by Crippen LogP contribution is -2.53. The first-order chi connectivity index (χ1) is 19.0. The fraction of sp³-hybridized carbons (Fsp3) is 0.310. The Bertz CT molecular complexity index is 1420. The molecule has 10 nitrogen and oxygen atoms in total. The van der Waals surface area contributed by atoms with Crippen LogP contribution in [0.2, 0.25) is 0 Å². The van der Waals surface area contributed by atoms with Gasteiger partial charge in [-0.25, -0.2) is 8.42 Å². The van der Waals surface area contributed by atoms with Gasteiger partial charge in [-0.1, -0.05) is 61.5 Å². The summed E-state index contributed by atoms with van der Waals surface area (Å²) >= 11 is 0. The van der Waals surface area contributed by atoms with Gasteiger partial charge in [-0.15, -0.1) is 0 Å². The molecule has 0 fully saturated rings. The summed E-state index contributed by atoms with van der Waals surface area (Å²) in [6.07, 6.45) is 1.14. The number of amides is 2. The van der Waals surface area contributed by atoms with Crippen LogP contribution in [0, 0.1) is 10.1 Å². The first kappa shape index (κ1) is 30.3. The highest BCUT2D eigenvalue weighted by Crippen LogP contribution is 2.27. The number of nitro groups is 1. The SMILES string of the molecule is CCC(C)NC(=O)C(C)N(CCc1ccccc1)C(=O)CN(c1cccc([N+](=O)[O-])c1)S(=O)(=O)c1ccccc1. The van der Waals surface area contributed by atoms with Crippen LogP contribution in [-0.2, 0) is 26.0 Å². The Morgan fingerprint density at radius 2 is 1.57 bits per heavy atom. The average molecular weight is 567 g/mol. The standard InChI is InChI=1S/C29H34N4O6S/c1-4-22(2)30-29(35)23(3)31(19-18-24-12-7-5-8-13-24)28(34)21-32(25-14-11-15-26(20-25)33(36)37)40(38,39)27-16-9-6-10-17-27/h5-17,20,22-23H,4,18-19,21H2,1-3H3,(H,30,35). The fourth-order valence-corrected chi connectivity index (χ4v) is 5.47. The van der Waals surface area contributed by atoms with Gasteiger partial charge in [0.25, 0.3) is 15.7 Å². The minimum Gasteiger partial charge on any atom is -0.352 e. The molecular formula is C29H34N4O6S.